The van der Waals surface area contributed by atoms with Gasteiger partial charge in [0.1, 0.15) is 6.10 Å². The molecule has 2 atom stereocenters. The van der Waals surface area contributed by atoms with Crippen LogP contribution in [0, 0.1) is 0 Å². The summed E-state index contributed by atoms with van der Waals surface area (Å²) in [7, 11) is 0. The van der Waals surface area contributed by atoms with E-state index >= 15 is 0 Å². The fourth-order valence-electron chi connectivity index (χ4n) is 3.20. The van der Waals surface area contributed by atoms with Gasteiger partial charge in [0.05, 0.1) is 25.9 Å². The number of rotatable bonds is 7. The van der Waals surface area contributed by atoms with Gasteiger partial charge in [0, 0.05) is 19.1 Å². The summed E-state index contributed by atoms with van der Waals surface area (Å²) >= 11 is 0. The molecule has 1 saturated heterocycles. The van der Waals surface area contributed by atoms with Crippen LogP contribution in [-0.4, -0.2) is 55.1 Å². The molecule has 1 aliphatic rings. The molecule has 3 rings (SSSR count). The van der Waals surface area contributed by atoms with Gasteiger partial charge in [-0.2, -0.15) is 0 Å². The molecular formula is C21H27NO3. The van der Waals surface area contributed by atoms with Gasteiger partial charge in [0.2, 0.25) is 0 Å². The normalized spacial score (nSPS) is 18.2. The fraction of sp³-hybridized carbons (Fsp3) is 0.429. The molecule has 2 aromatic rings. The highest BCUT2D eigenvalue weighted by atomic mass is 16.5. The van der Waals surface area contributed by atoms with Gasteiger partial charge in [-0.1, -0.05) is 60.7 Å². The van der Waals surface area contributed by atoms with Gasteiger partial charge in [-0.25, -0.2) is 0 Å². The molecule has 2 aromatic carbocycles. The predicted molar refractivity (Wildman–Crippen MR) is 98.5 cm³/mol. The quantitative estimate of drug-likeness (QED) is 0.841. The smallest absolute Gasteiger partial charge is 0.108 e. The van der Waals surface area contributed by atoms with E-state index in [1.807, 2.05) is 36.4 Å². The Balaban J connectivity index is 1.66. The molecule has 0 amide bonds. The Hall–Kier alpha value is -1.72. The van der Waals surface area contributed by atoms with Crippen LogP contribution >= 0.6 is 0 Å². The van der Waals surface area contributed by atoms with Gasteiger partial charge >= 0.3 is 0 Å². The van der Waals surface area contributed by atoms with Crippen molar-refractivity contribution in [3.63, 3.8) is 0 Å². The molecule has 1 N–H and O–H groups in total. The van der Waals surface area contributed by atoms with E-state index in [1.54, 1.807) is 0 Å². The van der Waals surface area contributed by atoms with E-state index in [-0.39, 0.29) is 12.1 Å². The van der Waals surface area contributed by atoms with Crippen molar-refractivity contribution < 1.29 is 14.6 Å². The molecule has 0 aromatic heterocycles. The minimum atomic E-state index is -0.534. The Morgan fingerprint density at radius 2 is 1.48 bits per heavy atom. The molecule has 134 valence electrons. The van der Waals surface area contributed by atoms with E-state index in [9.17, 15) is 5.11 Å². The monoisotopic (exact) mass is 341 g/mol. The highest BCUT2D eigenvalue weighted by Crippen LogP contribution is 2.26. The topological polar surface area (TPSA) is 41.9 Å². The Morgan fingerprint density at radius 1 is 0.960 bits per heavy atom. The van der Waals surface area contributed by atoms with Crippen LogP contribution in [0.1, 0.15) is 24.2 Å². The summed E-state index contributed by atoms with van der Waals surface area (Å²) < 4.78 is 11.6. The van der Waals surface area contributed by atoms with Crippen LogP contribution in [0.15, 0.2) is 60.7 Å². The first-order valence-electron chi connectivity index (χ1n) is 8.97. The lowest BCUT2D eigenvalue weighted by Gasteiger charge is -2.35. The highest BCUT2D eigenvalue weighted by molar-refractivity contribution is 5.29. The summed E-state index contributed by atoms with van der Waals surface area (Å²) in [5.41, 5.74) is 2.19. The molecule has 4 nitrogen and oxygen atoms in total. The van der Waals surface area contributed by atoms with Crippen molar-refractivity contribution in [2.45, 2.75) is 25.2 Å². The van der Waals surface area contributed by atoms with Crippen LogP contribution in [0.2, 0.25) is 0 Å². The SMILES string of the molecule is C[C@H]([C@@H](O)COC(c1ccccc1)c1ccccc1)N1CCOCC1. The largest absolute Gasteiger partial charge is 0.389 e. The third kappa shape index (κ3) is 4.89. The second kappa shape index (κ2) is 9.11. The molecule has 0 radical (unpaired) electrons. The molecule has 4 heteroatoms. The fourth-order valence-corrected chi connectivity index (χ4v) is 3.20. The second-order valence-electron chi connectivity index (χ2n) is 6.49. The lowest BCUT2D eigenvalue weighted by molar-refractivity contribution is -0.0548. The number of hydrogen-bond acceptors (Lipinski definition) is 4. The van der Waals surface area contributed by atoms with E-state index in [1.165, 1.54) is 0 Å². The van der Waals surface area contributed by atoms with E-state index in [0.29, 0.717) is 6.61 Å². The highest BCUT2D eigenvalue weighted by Gasteiger charge is 2.25. The van der Waals surface area contributed by atoms with E-state index < -0.39 is 6.10 Å². The number of hydrogen-bond donors (Lipinski definition) is 1. The van der Waals surface area contributed by atoms with Crippen molar-refractivity contribution in [3.05, 3.63) is 71.8 Å². The molecule has 1 fully saturated rings. The summed E-state index contributed by atoms with van der Waals surface area (Å²) in [5, 5.41) is 10.6. The lowest BCUT2D eigenvalue weighted by Crippen LogP contribution is -2.48. The molecular weight excluding hydrogens is 314 g/mol. The van der Waals surface area contributed by atoms with Crippen LogP contribution in [0.5, 0.6) is 0 Å². The third-order valence-corrected chi connectivity index (χ3v) is 4.82. The van der Waals surface area contributed by atoms with E-state index in [0.717, 1.165) is 37.4 Å². The molecule has 25 heavy (non-hydrogen) atoms. The Kier molecular flexibility index (Phi) is 6.59. The molecule has 0 unspecified atom stereocenters. The van der Waals surface area contributed by atoms with Crippen LogP contribution < -0.4 is 0 Å². The zero-order valence-electron chi connectivity index (χ0n) is 14.8. The van der Waals surface area contributed by atoms with E-state index in [4.69, 9.17) is 9.47 Å². The lowest BCUT2D eigenvalue weighted by atomic mass is 10.0. The number of benzene rings is 2. The molecule has 0 saturated carbocycles. The van der Waals surface area contributed by atoms with Crippen molar-refractivity contribution in [1.82, 2.24) is 4.90 Å². The maximum atomic E-state index is 10.6. The molecule has 0 spiro atoms. The third-order valence-electron chi connectivity index (χ3n) is 4.82. The standard InChI is InChI=1S/C21H27NO3/c1-17(22-12-14-24-15-13-22)20(23)16-25-21(18-8-4-2-5-9-18)19-10-6-3-7-11-19/h2-11,17,20-21,23H,12-16H2,1H3/t17-,20+/m1/s1. The first-order chi connectivity index (χ1) is 12.3. The van der Waals surface area contributed by atoms with Crippen molar-refractivity contribution in [2.75, 3.05) is 32.9 Å². The average molecular weight is 341 g/mol. The zero-order valence-corrected chi connectivity index (χ0v) is 14.8. The first-order valence-corrected chi connectivity index (χ1v) is 8.97. The number of ether oxygens (including phenoxy) is 2. The molecule has 0 bridgehead atoms. The van der Waals surface area contributed by atoms with Crippen LogP contribution in [0.4, 0.5) is 0 Å². The Bertz CT molecular complexity index is 574. The van der Waals surface area contributed by atoms with Gasteiger partial charge in [-0.3, -0.25) is 4.90 Å². The molecule has 1 heterocycles. The number of aliphatic hydroxyl groups excluding tert-OH is 1. The zero-order chi connectivity index (χ0) is 17.5. The van der Waals surface area contributed by atoms with Gasteiger partial charge < -0.3 is 14.6 Å². The number of nitrogens with zero attached hydrogens (tertiary/aromatic N) is 1. The summed E-state index contributed by atoms with van der Waals surface area (Å²) in [5.74, 6) is 0. The van der Waals surface area contributed by atoms with Crippen molar-refractivity contribution >= 4 is 0 Å². The summed E-state index contributed by atoms with van der Waals surface area (Å²) in [6.45, 7) is 5.54. The van der Waals surface area contributed by atoms with Crippen LogP contribution in [-0.2, 0) is 9.47 Å². The van der Waals surface area contributed by atoms with Crippen LogP contribution in [0.25, 0.3) is 0 Å². The maximum absolute atomic E-state index is 10.6. The summed E-state index contributed by atoms with van der Waals surface area (Å²) in [4.78, 5) is 2.26. The molecule has 1 aliphatic heterocycles. The summed E-state index contributed by atoms with van der Waals surface area (Å²) in [6, 6.07) is 20.4. The first kappa shape index (κ1) is 18.1. The Labute approximate surface area is 150 Å². The average Bonchev–Trinajstić information content (AvgIpc) is 2.70. The van der Waals surface area contributed by atoms with Crippen molar-refractivity contribution in [1.29, 1.82) is 0 Å². The predicted octanol–water partition coefficient (Wildman–Crippen LogP) is 2.87. The van der Waals surface area contributed by atoms with E-state index in [2.05, 4.69) is 36.1 Å². The number of aliphatic hydroxyl groups is 1. The van der Waals surface area contributed by atoms with Crippen molar-refractivity contribution in [2.24, 2.45) is 0 Å². The summed E-state index contributed by atoms with van der Waals surface area (Å²) in [6.07, 6.45) is -0.707. The minimum absolute atomic E-state index is 0.0519. The minimum Gasteiger partial charge on any atom is -0.389 e. The van der Waals surface area contributed by atoms with Gasteiger partial charge in [0.25, 0.3) is 0 Å². The van der Waals surface area contributed by atoms with Crippen LogP contribution in [0.3, 0.4) is 0 Å². The maximum Gasteiger partial charge on any atom is 0.108 e. The van der Waals surface area contributed by atoms with Gasteiger partial charge in [-0.15, -0.1) is 0 Å². The Morgan fingerprint density at radius 3 is 2.00 bits per heavy atom. The van der Waals surface area contributed by atoms with Gasteiger partial charge in [-0.05, 0) is 18.1 Å². The van der Waals surface area contributed by atoms with Gasteiger partial charge in [0.15, 0.2) is 0 Å². The second-order valence-corrected chi connectivity index (χ2v) is 6.49. The van der Waals surface area contributed by atoms with Crippen molar-refractivity contribution in [3.8, 4) is 0 Å². The molecule has 0 aliphatic carbocycles. The number of morpholine rings is 1.